The fraction of sp³-hybridized carbons (Fsp3) is 0.200. The third-order valence-corrected chi connectivity index (χ3v) is 4.48. The fourth-order valence-electron chi connectivity index (χ4n) is 2.16. The van der Waals surface area contributed by atoms with Crippen LogP contribution >= 0.6 is 11.6 Å². The Morgan fingerprint density at radius 1 is 1.20 bits per heavy atom. The minimum atomic E-state index is -4.76. The van der Waals surface area contributed by atoms with Crippen molar-refractivity contribution in [1.82, 2.24) is 0 Å². The van der Waals surface area contributed by atoms with Crippen LogP contribution in [0.4, 0.5) is 18.9 Å². The second kappa shape index (κ2) is 7.11. The number of benzene rings is 2. The Kier molecular flexibility index (Phi) is 5.50. The molecule has 0 saturated carbocycles. The average Bonchev–Trinajstić information content (AvgIpc) is 2.51. The van der Waals surface area contributed by atoms with Gasteiger partial charge >= 0.3 is 6.18 Å². The van der Waals surface area contributed by atoms with Crippen LogP contribution < -0.4 is 15.2 Å². The van der Waals surface area contributed by atoms with Crippen molar-refractivity contribution >= 4 is 27.3 Å². The normalized spacial score (nSPS) is 12.1. The number of nitrogens with one attached hydrogen (secondary N) is 1. The van der Waals surface area contributed by atoms with Crippen molar-refractivity contribution in [2.45, 2.75) is 17.6 Å². The predicted octanol–water partition coefficient (Wildman–Crippen LogP) is 3.63. The molecule has 0 aliphatic rings. The van der Waals surface area contributed by atoms with E-state index in [0.29, 0.717) is 22.4 Å². The second-order valence-corrected chi connectivity index (χ2v) is 7.06. The van der Waals surface area contributed by atoms with E-state index in [0.717, 1.165) is 12.1 Å². The van der Waals surface area contributed by atoms with Crippen LogP contribution in [-0.4, -0.2) is 15.5 Å². The van der Waals surface area contributed by atoms with Crippen LogP contribution in [0, 0.1) is 0 Å². The van der Waals surface area contributed by atoms with Crippen molar-refractivity contribution in [3.63, 3.8) is 0 Å². The number of ether oxygens (including phenoxy) is 1. The molecule has 0 saturated heterocycles. The van der Waals surface area contributed by atoms with E-state index in [-0.39, 0.29) is 12.2 Å². The summed E-state index contributed by atoms with van der Waals surface area (Å²) >= 11 is 5.89. The molecule has 2 aromatic carbocycles. The van der Waals surface area contributed by atoms with E-state index in [1.54, 1.807) is 18.2 Å². The van der Waals surface area contributed by atoms with Crippen molar-refractivity contribution in [3.8, 4) is 5.75 Å². The number of nitrogens with two attached hydrogens (primary N) is 1. The van der Waals surface area contributed by atoms with Gasteiger partial charge in [-0.25, -0.2) is 13.6 Å². The molecule has 2 aromatic rings. The number of halogens is 4. The van der Waals surface area contributed by atoms with Crippen molar-refractivity contribution in [3.05, 3.63) is 52.5 Å². The minimum Gasteiger partial charge on any atom is -0.496 e. The van der Waals surface area contributed by atoms with Crippen molar-refractivity contribution in [2.75, 3.05) is 12.4 Å². The number of methoxy groups -OCH3 is 1. The second-order valence-electron chi connectivity index (χ2n) is 5.06. The van der Waals surface area contributed by atoms with Gasteiger partial charge in [0.25, 0.3) is 0 Å². The summed E-state index contributed by atoms with van der Waals surface area (Å²) in [5, 5.41) is 7.92. The Morgan fingerprint density at radius 2 is 1.88 bits per heavy atom. The molecule has 2 rings (SSSR count). The van der Waals surface area contributed by atoms with Crippen molar-refractivity contribution in [1.29, 1.82) is 0 Å². The lowest BCUT2D eigenvalue weighted by Crippen LogP contribution is -2.16. The van der Waals surface area contributed by atoms with Gasteiger partial charge in [-0.1, -0.05) is 11.6 Å². The van der Waals surface area contributed by atoms with Crippen LogP contribution in [-0.2, 0) is 22.7 Å². The van der Waals surface area contributed by atoms with E-state index in [1.165, 1.54) is 7.11 Å². The van der Waals surface area contributed by atoms with Crippen molar-refractivity contribution in [2.24, 2.45) is 5.14 Å². The molecule has 0 amide bonds. The molecule has 0 bridgehead atoms. The van der Waals surface area contributed by atoms with Gasteiger partial charge in [-0.05, 0) is 36.4 Å². The molecule has 3 N–H and O–H groups in total. The Hall–Kier alpha value is -1.97. The standard InChI is InChI=1S/C15H14ClF3N2O3S/c1-24-14-5-2-10(16)6-9(14)8-21-13-4-3-11(25(20,22)23)7-12(13)15(17,18)19/h2-7,21H,8H2,1H3,(H2,20,22,23). The highest BCUT2D eigenvalue weighted by Gasteiger charge is 2.34. The smallest absolute Gasteiger partial charge is 0.418 e. The molecule has 0 atom stereocenters. The molecule has 0 fully saturated rings. The van der Waals surface area contributed by atoms with Crippen LogP contribution in [0.25, 0.3) is 0 Å². The lowest BCUT2D eigenvalue weighted by molar-refractivity contribution is -0.137. The topological polar surface area (TPSA) is 81.4 Å². The highest BCUT2D eigenvalue weighted by Crippen LogP contribution is 2.36. The van der Waals surface area contributed by atoms with E-state index in [1.807, 2.05) is 0 Å². The predicted molar refractivity (Wildman–Crippen MR) is 88.1 cm³/mol. The Bertz CT molecular complexity index is 886. The molecular weight excluding hydrogens is 381 g/mol. The quantitative estimate of drug-likeness (QED) is 0.811. The first-order valence-corrected chi connectivity index (χ1v) is 8.75. The van der Waals surface area contributed by atoms with Crippen LogP contribution in [0.1, 0.15) is 11.1 Å². The van der Waals surface area contributed by atoms with E-state index in [2.05, 4.69) is 5.32 Å². The molecule has 0 aliphatic carbocycles. The van der Waals surface area contributed by atoms with Gasteiger partial charge < -0.3 is 10.1 Å². The number of alkyl halides is 3. The summed E-state index contributed by atoms with van der Waals surface area (Å²) < 4.78 is 67.4. The summed E-state index contributed by atoms with van der Waals surface area (Å²) in [6.07, 6.45) is -4.76. The summed E-state index contributed by atoms with van der Waals surface area (Å²) in [6.45, 7) is -0.0124. The van der Waals surface area contributed by atoms with Gasteiger partial charge in [0.1, 0.15) is 5.75 Å². The lowest BCUT2D eigenvalue weighted by atomic mass is 10.1. The molecule has 0 spiro atoms. The third kappa shape index (κ3) is 4.77. The largest absolute Gasteiger partial charge is 0.496 e. The number of hydrogen-bond acceptors (Lipinski definition) is 4. The summed E-state index contributed by atoms with van der Waals surface area (Å²) in [4.78, 5) is -0.620. The molecule has 0 radical (unpaired) electrons. The number of rotatable bonds is 5. The average molecular weight is 395 g/mol. The zero-order valence-corrected chi connectivity index (χ0v) is 14.5. The van der Waals surface area contributed by atoms with Gasteiger partial charge in [0.15, 0.2) is 0 Å². The number of sulfonamides is 1. The van der Waals surface area contributed by atoms with Crippen LogP contribution in [0.15, 0.2) is 41.3 Å². The molecule has 0 heterocycles. The Morgan fingerprint density at radius 3 is 2.44 bits per heavy atom. The highest BCUT2D eigenvalue weighted by atomic mass is 35.5. The molecule has 10 heteroatoms. The molecule has 0 aromatic heterocycles. The first kappa shape index (κ1) is 19.4. The lowest BCUT2D eigenvalue weighted by Gasteiger charge is -2.17. The van der Waals surface area contributed by atoms with Crippen LogP contribution in [0.5, 0.6) is 5.75 Å². The number of primary sulfonamides is 1. The zero-order chi connectivity index (χ0) is 18.8. The van der Waals surface area contributed by atoms with Crippen molar-refractivity contribution < 1.29 is 26.3 Å². The van der Waals surface area contributed by atoms with Gasteiger partial charge in [0.05, 0.1) is 17.6 Å². The highest BCUT2D eigenvalue weighted by molar-refractivity contribution is 7.89. The molecule has 5 nitrogen and oxygen atoms in total. The summed E-state index contributed by atoms with van der Waals surface area (Å²) in [5.41, 5.74) is -0.888. The fourth-order valence-corrected chi connectivity index (χ4v) is 2.90. The van der Waals surface area contributed by atoms with Gasteiger partial charge in [-0.15, -0.1) is 0 Å². The maximum Gasteiger partial charge on any atom is 0.418 e. The van der Waals surface area contributed by atoms with Gasteiger partial charge in [0, 0.05) is 22.8 Å². The van der Waals surface area contributed by atoms with Gasteiger partial charge in [0.2, 0.25) is 10.0 Å². The Labute approximate surface area is 147 Å². The number of hydrogen-bond donors (Lipinski definition) is 2. The molecule has 0 aliphatic heterocycles. The summed E-state index contributed by atoms with van der Waals surface area (Å²) in [6, 6.07) is 7.24. The first-order valence-electron chi connectivity index (χ1n) is 6.82. The van der Waals surface area contributed by atoms with E-state index < -0.39 is 26.7 Å². The van der Waals surface area contributed by atoms with E-state index >= 15 is 0 Å². The summed E-state index contributed by atoms with van der Waals surface area (Å²) in [7, 11) is -2.83. The van der Waals surface area contributed by atoms with E-state index in [9.17, 15) is 21.6 Å². The van der Waals surface area contributed by atoms with Gasteiger partial charge in [-0.3, -0.25) is 0 Å². The molecule has 25 heavy (non-hydrogen) atoms. The molecule has 0 unspecified atom stereocenters. The first-order chi connectivity index (χ1) is 11.5. The summed E-state index contributed by atoms with van der Waals surface area (Å²) in [5.74, 6) is 0.451. The Balaban J connectivity index is 2.38. The van der Waals surface area contributed by atoms with Crippen LogP contribution in [0.3, 0.4) is 0 Å². The maximum atomic E-state index is 13.2. The zero-order valence-electron chi connectivity index (χ0n) is 12.9. The van der Waals surface area contributed by atoms with Gasteiger partial charge in [-0.2, -0.15) is 13.2 Å². The maximum absolute atomic E-state index is 13.2. The van der Waals surface area contributed by atoms with E-state index in [4.69, 9.17) is 21.5 Å². The third-order valence-electron chi connectivity index (χ3n) is 3.34. The minimum absolute atomic E-state index is 0.0124. The SMILES string of the molecule is COc1ccc(Cl)cc1CNc1ccc(S(N)(=O)=O)cc1C(F)(F)F. The molecular formula is C15H14ClF3N2O3S. The monoisotopic (exact) mass is 394 g/mol. The van der Waals surface area contributed by atoms with Crippen LogP contribution in [0.2, 0.25) is 5.02 Å². The number of anilines is 1. The molecule has 136 valence electrons.